The molecule has 0 aromatic heterocycles. The standard InChI is InChI=1S/C10H12N2O3/c1-15-6-2-3-7(9(13)4-6)8-5-11-10(14)12-8/h2-4,8,13H,5H2,1H3,(H2,11,12,14)/t8-/m0/s1. The number of ether oxygens (including phenoxy) is 1. The van der Waals surface area contributed by atoms with Gasteiger partial charge in [0.25, 0.3) is 0 Å². The summed E-state index contributed by atoms with van der Waals surface area (Å²) in [6.45, 7) is 0.485. The van der Waals surface area contributed by atoms with E-state index < -0.39 is 0 Å². The van der Waals surface area contributed by atoms with Crippen molar-refractivity contribution in [1.29, 1.82) is 0 Å². The molecular weight excluding hydrogens is 196 g/mol. The van der Waals surface area contributed by atoms with Crippen molar-refractivity contribution in [3.63, 3.8) is 0 Å². The number of hydrogen-bond acceptors (Lipinski definition) is 3. The molecule has 0 radical (unpaired) electrons. The van der Waals surface area contributed by atoms with Gasteiger partial charge >= 0.3 is 6.03 Å². The summed E-state index contributed by atoms with van der Waals surface area (Å²) in [5.74, 6) is 0.719. The Kier molecular flexibility index (Phi) is 2.37. The molecule has 5 heteroatoms. The van der Waals surface area contributed by atoms with E-state index in [1.165, 1.54) is 13.2 Å². The molecule has 0 spiro atoms. The number of rotatable bonds is 2. The number of hydrogen-bond donors (Lipinski definition) is 3. The summed E-state index contributed by atoms with van der Waals surface area (Å²) in [6.07, 6.45) is 0. The first-order valence-corrected chi connectivity index (χ1v) is 4.62. The molecule has 0 unspecified atom stereocenters. The molecule has 1 aliphatic rings. The SMILES string of the molecule is COc1ccc([C@@H]2CNC(=O)N2)c(O)c1. The predicted octanol–water partition coefficient (Wildman–Crippen LogP) is 0.755. The summed E-state index contributed by atoms with van der Waals surface area (Å²) >= 11 is 0. The molecule has 1 aromatic carbocycles. The van der Waals surface area contributed by atoms with Gasteiger partial charge in [0.1, 0.15) is 11.5 Å². The fourth-order valence-corrected chi connectivity index (χ4v) is 1.59. The number of phenolic OH excluding ortho intramolecular Hbond substituents is 1. The molecule has 80 valence electrons. The first kappa shape index (κ1) is 9.64. The van der Waals surface area contributed by atoms with Crippen molar-refractivity contribution in [1.82, 2.24) is 10.6 Å². The molecule has 2 amide bonds. The van der Waals surface area contributed by atoms with Gasteiger partial charge in [-0.1, -0.05) is 0 Å². The molecule has 1 atom stereocenters. The average molecular weight is 208 g/mol. The van der Waals surface area contributed by atoms with Gasteiger partial charge < -0.3 is 20.5 Å². The number of methoxy groups -OCH3 is 1. The summed E-state index contributed by atoms with van der Waals surface area (Å²) in [4.78, 5) is 10.9. The first-order valence-electron chi connectivity index (χ1n) is 4.62. The molecule has 1 fully saturated rings. The smallest absolute Gasteiger partial charge is 0.315 e. The Balaban J connectivity index is 2.25. The Morgan fingerprint density at radius 3 is 2.87 bits per heavy atom. The minimum Gasteiger partial charge on any atom is -0.507 e. The van der Waals surface area contributed by atoms with E-state index in [0.717, 1.165) is 0 Å². The normalized spacial score (nSPS) is 19.5. The zero-order valence-corrected chi connectivity index (χ0v) is 8.28. The van der Waals surface area contributed by atoms with Gasteiger partial charge in [-0.2, -0.15) is 0 Å². The maximum Gasteiger partial charge on any atom is 0.315 e. The van der Waals surface area contributed by atoms with Crippen LogP contribution in [0.3, 0.4) is 0 Å². The highest BCUT2D eigenvalue weighted by molar-refractivity contribution is 5.77. The third-order valence-electron chi connectivity index (χ3n) is 2.39. The Labute approximate surface area is 87.1 Å². The van der Waals surface area contributed by atoms with Crippen LogP contribution < -0.4 is 15.4 Å². The molecule has 1 saturated heterocycles. The van der Waals surface area contributed by atoms with Crippen molar-refractivity contribution in [2.45, 2.75) is 6.04 Å². The quantitative estimate of drug-likeness (QED) is 0.671. The minimum absolute atomic E-state index is 0.128. The number of benzene rings is 1. The van der Waals surface area contributed by atoms with Crippen molar-refractivity contribution in [2.24, 2.45) is 0 Å². The Hall–Kier alpha value is -1.91. The molecule has 1 heterocycles. The number of phenols is 1. The van der Waals surface area contributed by atoms with Crippen molar-refractivity contribution < 1.29 is 14.6 Å². The van der Waals surface area contributed by atoms with Crippen LogP contribution in [0, 0.1) is 0 Å². The molecular formula is C10H12N2O3. The highest BCUT2D eigenvalue weighted by atomic mass is 16.5. The predicted molar refractivity (Wildman–Crippen MR) is 53.9 cm³/mol. The Morgan fingerprint density at radius 2 is 2.33 bits per heavy atom. The number of urea groups is 1. The molecule has 15 heavy (non-hydrogen) atoms. The van der Waals surface area contributed by atoms with Gasteiger partial charge in [0, 0.05) is 18.2 Å². The topological polar surface area (TPSA) is 70.6 Å². The van der Waals surface area contributed by atoms with E-state index >= 15 is 0 Å². The molecule has 1 aliphatic heterocycles. The highest BCUT2D eigenvalue weighted by Crippen LogP contribution is 2.29. The summed E-state index contributed by atoms with van der Waals surface area (Å²) < 4.78 is 4.97. The Bertz CT molecular complexity index is 392. The maximum atomic E-state index is 10.9. The number of carbonyl (C=O) groups excluding carboxylic acids is 1. The van der Waals surface area contributed by atoms with E-state index in [1.807, 2.05) is 0 Å². The summed E-state index contributed by atoms with van der Waals surface area (Å²) in [6, 6.07) is 4.63. The highest BCUT2D eigenvalue weighted by Gasteiger charge is 2.23. The number of amides is 2. The van der Waals surface area contributed by atoms with Crippen LogP contribution in [-0.2, 0) is 0 Å². The van der Waals surface area contributed by atoms with Crippen LogP contribution in [0.2, 0.25) is 0 Å². The second-order valence-electron chi connectivity index (χ2n) is 3.33. The third-order valence-corrected chi connectivity index (χ3v) is 2.39. The van der Waals surface area contributed by atoms with E-state index in [9.17, 15) is 9.90 Å². The molecule has 0 bridgehead atoms. The summed E-state index contributed by atoms with van der Waals surface area (Å²) in [5, 5.41) is 15.0. The van der Waals surface area contributed by atoms with E-state index in [1.54, 1.807) is 12.1 Å². The van der Waals surface area contributed by atoms with Crippen LogP contribution in [0.15, 0.2) is 18.2 Å². The first-order chi connectivity index (χ1) is 7.20. The second kappa shape index (κ2) is 3.68. The van der Waals surface area contributed by atoms with Crippen molar-refractivity contribution in [3.8, 4) is 11.5 Å². The summed E-state index contributed by atoms with van der Waals surface area (Å²) in [7, 11) is 1.54. The van der Waals surface area contributed by atoms with Crippen LogP contribution in [0.5, 0.6) is 11.5 Å². The fourth-order valence-electron chi connectivity index (χ4n) is 1.59. The Morgan fingerprint density at radius 1 is 1.53 bits per heavy atom. The monoisotopic (exact) mass is 208 g/mol. The fraction of sp³-hybridized carbons (Fsp3) is 0.300. The molecule has 2 rings (SSSR count). The number of aromatic hydroxyl groups is 1. The molecule has 5 nitrogen and oxygen atoms in total. The molecule has 0 aliphatic carbocycles. The number of carbonyl (C=O) groups is 1. The minimum atomic E-state index is -0.213. The largest absolute Gasteiger partial charge is 0.507 e. The maximum absolute atomic E-state index is 10.9. The third kappa shape index (κ3) is 1.81. The number of nitrogens with one attached hydrogen (secondary N) is 2. The lowest BCUT2D eigenvalue weighted by atomic mass is 10.1. The summed E-state index contributed by atoms with van der Waals surface area (Å²) in [5.41, 5.74) is 0.689. The zero-order chi connectivity index (χ0) is 10.8. The average Bonchev–Trinajstić information content (AvgIpc) is 2.64. The molecule has 0 saturated carbocycles. The van der Waals surface area contributed by atoms with Crippen LogP contribution >= 0.6 is 0 Å². The van der Waals surface area contributed by atoms with Gasteiger partial charge in [0.05, 0.1) is 13.2 Å². The lowest BCUT2D eigenvalue weighted by molar-refractivity contribution is 0.247. The second-order valence-corrected chi connectivity index (χ2v) is 3.33. The van der Waals surface area contributed by atoms with Gasteiger partial charge in [-0.05, 0) is 12.1 Å². The van der Waals surface area contributed by atoms with Crippen LogP contribution in [0.25, 0.3) is 0 Å². The van der Waals surface area contributed by atoms with Gasteiger partial charge in [-0.3, -0.25) is 0 Å². The van der Waals surface area contributed by atoms with E-state index in [-0.39, 0.29) is 17.8 Å². The van der Waals surface area contributed by atoms with Crippen molar-refractivity contribution in [2.75, 3.05) is 13.7 Å². The lowest BCUT2D eigenvalue weighted by Crippen LogP contribution is -2.21. The zero-order valence-electron chi connectivity index (χ0n) is 8.28. The molecule has 3 N–H and O–H groups in total. The van der Waals surface area contributed by atoms with E-state index in [2.05, 4.69) is 10.6 Å². The van der Waals surface area contributed by atoms with Crippen LogP contribution in [-0.4, -0.2) is 24.8 Å². The van der Waals surface area contributed by atoms with E-state index in [0.29, 0.717) is 17.9 Å². The van der Waals surface area contributed by atoms with Crippen molar-refractivity contribution in [3.05, 3.63) is 23.8 Å². The van der Waals surface area contributed by atoms with E-state index in [4.69, 9.17) is 4.74 Å². The van der Waals surface area contributed by atoms with Gasteiger partial charge in [-0.25, -0.2) is 4.79 Å². The lowest BCUT2D eigenvalue weighted by Gasteiger charge is -2.11. The van der Waals surface area contributed by atoms with Gasteiger partial charge in [0.2, 0.25) is 0 Å². The van der Waals surface area contributed by atoms with Crippen LogP contribution in [0.4, 0.5) is 4.79 Å². The van der Waals surface area contributed by atoms with Gasteiger partial charge in [-0.15, -0.1) is 0 Å². The van der Waals surface area contributed by atoms with Gasteiger partial charge in [0.15, 0.2) is 0 Å². The van der Waals surface area contributed by atoms with Crippen molar-refractivity contribution >= 4 is 6.03 Å². The van der Waals surface area contributed by atoms with Crippen LogP contribution in [0.1, 0.15) is 11.6 Å². The molecule has 1 aromatic rings.